The fourth-order valence-electron chi connectivity index (χ4n) is 2.16. The third-order valence-corrected chi connectivity index (χ3v) is 3.35. The van der Waals surface area contributed by atoms with E-state index in [0.29, 0.717) is 18.3 Å². The number of nitrogens with one attached hydrogen (secondary N) is 1. The molecule has 0 saturated carbocycles. The first-order chi connectivity index (χ1) is 11.3. The van der Waals surface area contributed by atoms with E-state index in [0.717, 1.165) is 12.1 Å². The van der Waals surface area contributed by atoms with E-state index in [1.165, 1.54) is 5.56 Å². The number of nitrogens with zero attached hydrogens (tertiary/aromatic N) is 5. The number of benzene rings is 1. The highest BCUT2D eigenvalue weighted by atomic mass is 15.3. The highest BCUT2D eigenvalue weighted by Crippen LogP contribution is 2.12. The predicted molar refractivity (Wildman–Crippen MR) is 89.9 cm³/mol. The van der Waals surface area contributed by atoms with Gasteiger partial charge in [-0.25, -0.2) is 0 Å². The average molecular weight is 306 g/mol. The van der Waals surface area contributed by atoms with Gasteiger partial charge in [0.05, 0.1) is 6.20 Å². The molecule has 0 saturated heterocycles. The summed E-state index contributed by atoms with van der Waals surface area (Å²) in [6, 6.07) is 14.1. The molecule has 3 rings (SSSR count). The molecule has 23 heavy (non-hydrogen) atoms. The van der Waals surface area contributed by atoms with Crippen LogP contribution in [0.15, 0.2) is 61.1 Å². The summed E-state index contributed by atoms with van der Waals surface area (Å²) in [5.41, 5.74) is 2.29. The second kappa shape index (κ2) is 7.31. The van der Waals surface area contributed by atoms with Gasteiger partial charge in [0.25, 0.3) is 0 Å². The molecular weight excluding hydrogens is 288 g/mol. The Kier molecular flexibility index (Phi) is 4.73. The number of hydrogen-bond donors (Lipinski definition) is 1. The molecule has 0 fully saturated rings. The Morgan fingerprint density at radius 2 is 1.83 bits per heavy atom. The fourth-order valence-corrected chi connectivity index (χ4v) is 2.16. The molecule has 2 aromatic heterocycles. The summed E-state index contributed by atoms with van der Waals surface area (Å²) in [4.78, 5) is 10.6. The Balaban J connectivity index is 1.64. The van der Waals surface area contributed by atoms with Crippen LogP contribution in [0.1, 0.15) is 11.1 Å². The molecule has 0 amide bonds. The molecule has 1 aromatic carbocycles. The second-order valence-corrected chi connectivity index (χ2v) is 5.20. The molecule has 0 aliphatic heterocycles. The van der Waals surface area contributed by atoms with E-state index in [-0.39, 0.29) is 0 Å². The quantitative estimate of drug-likeness (QED) is 0.755. The molecule has 3 aromatic rings. The van der Waals surface area contributed by atoms with Crippen molar-refractivity contribution in [3.8, 4) is 0 Å². The maximum Gasteiger partial charge on any atom is 0.247 e. The van der Waals surface area contributed by atoms with E-state index in [1.54, 1.807) is 12.4 Å². The molecule has 0 spiro atoms. The summed E-state index contributed by atoms with van der Waals surface area (Å²) in [5, 5.41) is 11.4. The average Bonchev–Trinajstić information content (AvgIpc) is 2.62. The molecule has 2 heterocycles. The SMILES string of the molecule is CN(Cc1ccccc1)c1nncc(NCc2cccnc2)n1. The van der Waals surface area contributed by atoms with E-state index in [1.807, 2.05) is 48.5 Å². The van der Waals surface area contributed by atoms with Gasteiger partial charge in [-0.3, -0.25) is 4.98 Å². The van der Waals surface area contributed by atoms with Crippen LogP contribution in [0.4, 0.5) is 11.8 Å². The van der Waals surface area contributed by atoms with Crippen molar-refractivity contribution in [3.63, 3.8) is 0 Å². The molecular formula is C17H18N6. The van der Waals surface area contributed by atoms with Gasteiger partial charge in [-0.2, -0.15) is 10.1 Å². The first-order valence-corrected chi connectivity index (χ1v) is 7.39. The van der Waals surface area contributed by atoms with Gasteiger partial charge in [0.2, 0.25) is 5.95 Å². The van der Waals surface area contributed by atoms with Crippen LogP contribution >= 0.6 is 0 Å². The molecule has 116 valence electrons. The lowest BCUT2D eigenvalue weighted by Crippen LogP contribution is -2.20. The monoisotopic (exact) mass is 306 g/mol. The maximum absolute atomic E-state index is 4.50. The van der Waals surface area contributed by atoms with Crippen LogP contribution in [0.5, 0.6) is 0 Å². The highest BCUT2D eigenvalue weighted by molar-refractivity contribution is 5.39. The lowest BCUT2D eigenvalue weighted by atomic mass is 10.2. The van der Waals surface area contributed by atoms with Crippen LogP contribution in [0.3, 0.4) is 0 Å². The number of anilines is 2. The van der Waals surface area contributed by atoms with Crippen LogP contribution < -0.4 is 10.2 Å². The minimum absolute atomic E-state index is 0.588. The molecule has 0 atom stereocenters. The summed E-state index contributed by atoms with van der Waals surface area (Å²) in [5.74, 6) is 1.28. The first-order valence-electron chi connectivity index (χ1n) is 7.39. The zero-order chi connectivity index (χ0) is 15.9. The zero-order valence-electron chi connectivity index (χ0n) is 12.9. The molecule has 1 N–H and O–H groups in total. The minimum Gasteiger partial charge on any atom is -0.364 e. The molecule has 0 aliphatic rings. The summed E-state index contributed by atoms with van der Waals surface area (Å²) in [6.45, 7) is 1.38. The Morgan fingerprint density at radius 1 is 1.00 bits per heavy atom. The van der Waals surface area contributed by atoms with Gasteiger partial charge in [0.1, 0.15) is 0 Å². The number of hydrogen-bond acceptors (Lipinski definition) is 6. The predicted octanol–water partition coefficient (Wildman–Crippen LogP) is 2.52. The van der Waals surface area contributed by atoms with Crippen molar-refractivity contribution >= 4 is 11.8 Å². The zero-order valence-corrected chi connectivity index (χ0v) is 12.9. The number of rotatable bonds is 6. The topological polar surface area (TPSA) is 66.8 Å². The van der Waals surface area contributed by atoms with Gasteiger partial charge in [0, 0.05) is 32.5 Å². The second-order valence-electron chi connectivity index (χ2n) is 5.20. The summed E-state index contributed by atoms with van der Waals surface area (Å²) in [7, 11) is 1.95. The molecule has 0 aliphatic carbocycles. The van der Waals surface area contributed by atoms with Crippen molar-refractivity contribution in [2.75, 3.05) is 17.3 Å². The van der Waals surface area contributed by atoms with Gasteiger partial charge in [-0.05, 0) is 17.2 Å². The molecule has 6 nitrogen and oxygen atoms in total. The van der Waals surface area contributed by atoms with E-state index in [2.05, 4.69) is 37.6 Å². The first kappa shape index (κ1) is 14.9. The highest BCUT2D eigenvalue weighted by Gasteiger charge is 2.07. The maximum atomic E-state index is 4.50. The minimum atomic E-state index is 0.588. The van der Waals surface area contributed by atoms with Crippen molar-refractivity contribution in [1.29, 1.82) is 0 Å². The lowest BCUT2D eigenvalue weighted by Gasteiger charge is -2.17. The standard InChI is InChI=1S/C17H18N6/c1-23(13-14-6-3-2-4-7-14)17-21-16(12-20-22-17)19-11-15-8-5-9-18-10-15/h2-10,12H,11,13H2,1H3,(H,19,21,22). The van der Waals surface area contributed by atoms with Gasteiger partial charge in [-0.15, -0.1) is 5.10 Å². The Hall–Kier alpha value is -3.02. The third kappa shape index (κ3) is 4.23. The van der Waals surface area contributed by atoms with E-state index < -0.39 is 0 Å². The Bertz CT molecular complexity index is 732. The van der Waals surface area contributed by atoms with Crippen molar-refractivity contribution in [3.05, 3.63) is 72.2 Å². The number of pyridine rings is 1. The van der Waals surface area contributed by atoms with Gasteiger partial charge in [0.15, 0.2) is 5.82 Å². The van der Waals surface area contributed by atoms with Crippen molar-refractivity contribution in [2.24, 2.45) is 0 Å². The Labute approximate surface area is 135 Å². The van der Waals surface area contributed by atoms with E-state index in [4.69, 9.17) is 0 Å². The van der Waals surface area contributed by atoms with E-state index in [9.17, 15) is 0 Å². The third-order valence-electron chi connectivity index (χ3n) is 3.35. The van der Waals surface area contributed by atoms with Crippen molar-refractivity contribution < 1.29 is 0 Å². The summed E-state index contributed by atoms with van der Waals surface area (Å²) in [6.07, 6.45) is 5.20. The van der Waals surface area contributed by atoms with Crippen LogP contribution in [0, 0.1) is 0 Å². The van der Waals surface area contributed by atoms with Gasteiger partial charge < -0.3 is 10.2 Å². The lowest BCUT2D eigenvalue weighted by molar-refractivity contribution is 0.828. The fraction of sp³-hybridized carbons (Fsp3) is 0.176. The summed E-state index contributed by atoms with van der Waals surface area (Å²) >= 11 is 0. The van der Waals surface area contributed by atoms with Gasteiger partial charge >= 0.3 is 0 Å². The number of aromatic nitrogens is 4. The summed E-state index contributed by atoms with van der Waals surface area (Å²) < 4.78 is 0. The molecule has 6 heteroatoms. The van der Waals surface area contributed by atoms with Crippen molar-refractivity contribution in [2.45, 2.75) is 13.1 Å². The molecule has 0 radical (unpaired) electrons. The van der Waals surface area contributed by atoms with E-state index >= 15 is 0 Å². The Morgan fingerprint density at radius 3 is 2.61 bits per heavy atom. The van der Waals surface area contributed by atoms with Crippen LogP contribution in [-0.2, 0) is 13.1 Å². The molecule has 0 unspecified atom stereocenters. The van der Waals surface area contributed by atoms with Crippen LogP contribution in [0.25, 0.3) is 0 Å². The normalized spacial score (nSPS) is 10.3. The van der Waals surface area contributed by atoms with Gasteiger partial charge in [-0.1, -0.05) is 36.4 Å². The van der Waals surface area contributed by atoms with Crippen molar-refractivity contribution in [1.82, 2.24) is 20.2 Å². The largest absolute Gasteiger partial charge is 0.364 e. The molecule has 0 bridgehead atoms. The van der Waals surface area contributed by atoms with Crippen LogP contribution in [0.2, 0.25) is 0 Å². The van der Waals surface area contributed by atoms with Crippen LogP contribution in [-0.4, -0.2) is 27.2 Å². The smallest absolute Gasteiger partial charge is 0.247 e.